The van der Waals surface area contributed by atoms with Gasteiger partial charge in [0.25, 0.3) is 11.8 Å². The summed E-state index contributed by atoms with van der Waals surface area (Å²) in [6.45, 7) is 15.9. The number of carbonyl (C=O) groups excluding carboxylic acids is 3. The smallest absolute Gasteiger partial charge is 0.286 e. The van der Waals surface area contributed by atoms with Gasteiger partial charge in [0.05, 0.1) is 91.9 Å². The number of aryl methyl sites for hydroxylation is 2. The Balaban J connectivity index is 0.000000177. The minimum absolute atomic E-state index is 0.00302. The second kappa shape index (κ2) is 32.0. The standard InChI is InChI=1S/C40H52ClN3O6S.C36H47ClN4O5S/c1-2-33(45)26-51(47)22-5-3-4-8-37(49-21-18-43-16-19-48-20-17-43)34-12-9-31(34)25-44-27-40(15-6-7-29-23-32(41)11-13-35(29)40)28-50-38-14-10-30(24-36(38)44)39(46)42-51;37-29-9-11-31-26(21-29)5-4-13-36(31)24-41-23-28-7-10-30(28)33(45-19-16-40-14-17-44-18-15-40)6-2-1-3-20-47(38,43)39-35(42)27-8-12-34(46-25-36)32(41)22-27/h4,8,10-11,13-14,23-24,31,34,37H,2-3,5-7,9,12,15-22,25-28H2,1H3;2,6,8-9,11-12,21-22,28,30,33H,1,3-5,7,10,13-20,23-25H2,(H2,38,39,42,43)/b8-4+;6-2+/t31-,34+,37-,40-,51-;28-,30+,33-,36-,47?/m00/s1. The number of rotatable bonds is 11. The van der Waals surface area contributed by atoms with Gasteiger partial charge in [0.2, 0.25) is 0 Å². The molecule has 1 unspecified atom stereocenters. The quantitative estimate of drug-likeness (QED) is 0.139. The van der Waals surface area contributed by atoms with E-state index < -0.39 is 31.5 Å². The van der Waals surface area contributed by atoms with E-state index in [0.717, 1.165) is 189 Å². The van der Waals surface area contributed by atoms with Crippen LogP contribution in [-0.4, -0.2) is 184 Å². The molecule has 6 heterocycles. The molecule has 98 heavy (non-hydrogen) atoms. The van der Waals surface area contributed by atoms with E-state index in [9.17, 15) is 22.8 Å². The molecule has 22 heteroatoms. The van der Waals surface area contributed by atoms with Crippen LogP contribution in [0.2, 0.25) is 10.0 Å². The highest BCUT2D eigenvalue weighted by Crippen LogP contribution is 2.50. The van der Waals surface area contributed by atoms with Crippen molar-refractivity contribution in [1.82, 2.24) is 9.80 Å². The summed E-state index contributed by atoms with van der Waals surface area (Å²) in [4.78, 5) is 49.4. The monoisotopic (exact) mass is 1420 g/mol. The zero-order valence-electron chi connectivity index (χ0n) is 57.0. The summed E-state index contributed by atoms with van der Waals surface area (Å²) in [6, 6.07) is 23.5. The molecule has 4 aliphatic carbocycles. The predicted molar refractivity (Wildman–Crippen MR) is 387 cm³/mol. The summed E-state index contributed by atoms with van der Waals surface area (Å²) in [7, 11) is -6.26. The van der Waals surface area contributed by atoms with E-state index in [1.165, 1.54) is 22.3 Å². The van der Waals surface area contributed by atoms with E-state index in [4.69, 9.17) is 56.8 Å². The van der Waals surface area contributed by atoms with Crippen LogP contribution in [0, 0.1) is 23.7 Å². The number of allylic oxidation sites excluding steroid dienone is 2. The van der Waals surface area contributed by atoms with Crippen molar-refractivity contribution in [2.45, 2.75) is 126 Å². The van der Waals surface area contributed by atoms with Crippen LogP contribution in [0.5, 0.6) is 11.5 Å². The molecule has 4 aromatic carbocycles. The van der Waals surface area contributed by atoms with Crippen molar-refractivity contribution in [2.24, 2.45) is 37.5 Å². The largest absolute Gasteiger partial charge is 0.490 e. The van der Waals surface area contributed by atoms with Crippen molar-refractivity contribution in [3.05, 3.63) is 141 Å². The van der Waals surface area contributed by atoms with Crippen LogP contribution in [0.25, 0.3) is 0 Å². The highest BCUT2D eigenvalue weighted by molar-refractivity contribution is 7.94. The summed E-state index contributed by atoms with van der Waals surface area (Å²) in [6.07, 6.45) is 22.0. The highest BCUT2D eigenvalue weighted by Gasteiger charge is 2.47. The average Bonchev–Trinajstić information content (AvgIpc) is 1.51. The SMILES string of the molecule is CCC(=O)C[S@]1(=O)=NC(=O)c2ccc3c(c2)N(C[C@@H]2CC[C@H]2[C@@H](OCCN2CCOCC2)/C=C/CCC1)C[C@@]1(CCCc2cc(Cl)ccc21)CO3.NS1(=O)=NC(=O)c2ccc3c(c2)N(C[C@@H]2CC[C@H]2[C@@H](OCCN2CCOCC2)/C=C/CCC1)C[C@@]1(CCCc2cc(Cl)ccc21)CO3. The van der Waals surface area contributed by atoms with Gasteiger partial charge in [-0.2, -0.15) is 4.36 Å². The first kappa shape index (κ1) is 71.2. The number of benzene rings is 4. The summed E-state index contributed by atoms with van der Waals surface area (Å²) < 4.78 is 73.4. The summed E-state index contributed by atoms with van der Waals surface area (Å²) in [5.41, 5.74) is 7.20. The molecular formula is C76H99Cl2N7O11S2. The molecule has 4 bridgehead atoms. The number of nitrogens with zero attached hydrogens (tertiary/aromatic N) is 6. The van der Waals surface area contributed by atoms with Crippen LogP contribution in [0.1, 0.15) is 133 Å². The van der Waals surface area contributed by atoms with Crippen molar-refractivity contribution in [2.75, 3.05) is 145 Å². The van der Waals surface area contributed by atoms with Crippen LogP contribution in [0.3, 0.4) is 0 Å². The minimum Gasteiger partial charge on any atom is -0.490 e. The lowest BCUT2D eigenvalue weighted by atomic mass is 9.68. The number of hydrogen-bond donors (Lipinski definition) is 1. The van der Waals surface area contributed by atoms with Crippen LogP contribution < -0.4 is 24.4 Å². The average molecular weight is 1420 g/mol. The molecule has 10 aliphatic rings. The molecular weight excluding hydrogens is 1320 g/mol. The third-order valence-corrected chi connectivity index (χ3v) is 26.5. The zero-order chi connectivity index (χ0) is 67.9. The predicted octanol–water partition coefficient (Wildman–Crippen LogP) is 11.9. The van der Waals surface area contributed by atoms with Gasteiger partial charge in [-0.1, -0.05) is 66.6 Å². The summed E-state index contributed by atoms with van der Waals surface area (Å²) >= 11 is 12.9. The number of hydrogen-bond acceptors (Lipinski definition) is 15. The van der Waals surface area contributed by atoms with E-state index in [0.29, 0.717) is 86.9 Å². The molecule has 2 saturated heterocycles. The Bertz CT molecular complexity index is 3860. The molecule has 14 rings (SSSR count). The Hall–Kier alpha value is -5.23. The van der Waals surface area contributed by atoms with Gasteiger partial charge in [0, 0.05) is 115 Å². The maximum atomic E-state index is 14.1. The van der Waals surface area contributed by atoms with E-state index in [1.54, 1.807) is 19.1 Å². The van der Waals surface area contributed by atoms with Crippen molar-refractivity contribution in [1.29, 1.82) is 0 Å². The number of ketones is 1. The maximum Gasteiger partial charge on any atom is 0.286 e. The molecule has 2 N–H and O–H groups in total. The summed E-state index contributed by atoms with van der Waals surface area (Å²) in [5, 5.41) is 7.61. The fraction of sp³-hybridized carbons (Fsp3) is 0.592. The lowest BCUT2D eigenvalue weighted by Gasteiger charge is -2.46. The lowest BCUT2D eigenvalue weighted by molar-refractivity contribution is -0.116. The van der Waals surface area contributed by atoms with Gasteiger partial charge in [-0.05, 0) is 196 Å². The Kier molecular flexibility index (Phi) is 23.2. The Morgan fingerprint density at radius 2 is 1.10 bits per heavy atom. The number of anilines is 2. The second-order valence-corrected chi connectivity index (χ2v) is 34.3. The molecule has 6 aliphatic heterocycles. The number of fused-ring (bicyclic) bond motifs is 8. The molecule has 4 fully saturated rings. The van der Waals surface area contributed by atoms with Gasteiger partial charge in [-0.25, -0.2) is 13.6 Å². The number of Topliss-reactive ketones (excluding diaryl/α,β-unsaturated/α-hetero) is 1. The highest BCUT2D eigenvalue weighted by atomic mass is 35.5. The number of ether oxygens (including phenoxy) is 6. The van der Waals surface area contributed by atoms with E-state index in [2.05, 4.69) is 76.9 Å². The molecule has 2 saturated carbocycles. The molecule has 0 radical (unpaired) electrons. The number of morpholine rings is 2. The summed E-state index contributed by atoms with van der Waals surface area (Å²) in [5.74, 6) is 1.95. The number of carbonyl (C=O) groups is 3. The van der Waals surface area contributed by atoms with E-state index in [-0.39, 0.29) is 52.5 Å². The van der Waals surface area contributed by atoms with Gasteiger partial charge in [-0.15, -0.1) is 4.36 Å². The first-order valence-electron chi connectivity index (χ1n) is 36.2. The molecule has 10 atom stereocenters. The normalized spacial score (nSPS) is 31.4. The van der Waals surface area contributed by atoms with Crippen molar-refractivity contribution in [3.63, 3.8) is 0 Å². The van der Waals surface area contributed by atoms with Crippen LogP contribution in [0.15, 0.2) is 106 Å². The number of nitrogens with two attached hydrogens (primary N) is 1. The third kappa shape index (κ3) is 16.9. The van der Waals surface area contributed by atoms with Gasteiger partial charge < -0.3 is 38.2 Å². The van der Waals surface area contributed by atoms with Gasteiger partial charge in [-0.3, -0.25) is 24.2 Å². The van der Waals surface area contributed by atoms with Crippen LogP contribution in [0.4, 0.5) is 11.4 Å². The van der Waals surface area contributed by atoms with Crippen molar-refractivity contribution < 1.29 is 51.2 Å². The molecule has 530 valence electrons. The Morgan fingerprint density at radius 3 is 1.57 bits per heavy atom. The fourth-order valence-corrected chi connectivity index (χ4v) is 20.2. The zero-order valence-corrected chi connectivity index (χ0v) is 60.1. The number of amides is 2. The van der Waals surface area contributed by atoms with Crippen LogP contribution in [-0.2, 0) is 67.1 Å². The van der Waals surface area contributed by atoms with Gasteiger partial charge in [0.1, 0.15) is 27.2 Å². The topological polar surface area (TPSA) is 204 Å². The first-order valence-corrected chi connectivity index (χ1v) is 40.5. The van der Waals surface area contributed by atoms with Gasteiger partial charge in [0.15, 0.2) is 0 Å². The second-order valence-electron chi connectivity index (χ2n) is 29.0. The van der Waals surface area contributed by atoms with E-state index in [1.807, 2.05) is 36.4 Å². The van der Waals surface area contributed by atoms with Gasteiger partial charge >= 0.3 is 0 Å². The van der Waals surface area contributed by atoms with Crippen LogP contribution >= 0.6 is 23.2 Å². The Labute approximate surface area is 590 Å². The third-order valence-electron chi connectivity index (χ3n) is 22.5. The van der Waals surface area contributed by atoms with Crippen molar-refractivity contribution >= 4 is 71.8 Å². The lowest BCUT2D eigenvalue weighted by Crippen LogP contribution is -2.50. The molecule has 2 spiro atoms. The minimum atomic E-state index is -3.17. The Morgan fingerprint density at radius 1 is 0.622 bits per heavy atom. The molecule has 0 aromatic heterocycles. The maximum absolute atomic E-state index is 14.1. The molecule has 18 nitrogen and oxygen atoms in total. The fourth-order valence-electron chi connectivity index (χ4n) is 16.7. The first-order chi connectivity index (χ1) is 47.5. The number of halogens is 2. The van der Waals surface area contributed by atoms with E-state index >= 15 is 0 Å². The van der Waals surface area contributed by atoms with Crippen molar-refractivity contribution in [3.8, 4) is 11.5 Å². The molecule has 4 aromatic rings. The molecule has 2 amide bonds.